The van der Waals surface area contributed by atoms with Gasteiger partial charge in [-0.3, -0.25) is 4.90 Å². The number of hydrogen-bond donors (Lipinski definition) is 2. The molecule has 2 aliphatic carbocycles. The number of benzene rings is 2. The van der Waals surface area contributed by atoms with E-state index in [0.717, 1.165) is 49.5 Å². The fourth-order valence-corrected chi connectivity index (χ4v) is 6.85. The first-order valence-electron chi connectivity index (χ1n) is 14.4. The Bertz CT molecular complexity index is 1510. The third kappa shape index (κ3) is 4.67. The van der Waals surface area contributed by atoms with Crippen molar-refractivity contribution >= 4 is 17.6 Å². The monoisotopic (exact) mass is 520 g/mol. The molecule has 1 aliphatic heterocycles. The van der Waals surface area contributed by atoms with Gasteiger partial charge in [-0.2, -0.15) is 9.67 Å². The summed E-state index contributed by atoms with van der Waals surface area (Å²) in [6, 6.07) is 18.6. The Kier molecular flexibility index (Phi) is 6.27. The van der Waals surface area contributed by atoms with Gasteiger partial charge in [0.2, 0.25) is 11.9 Å². The average Bonchev–Trinajstić information content (AvgIpc) is 3.40. The maximum Gasteiger partial charge on any atom is 0.248 e. The zero-order valence-corrected chi connectivity index (χ0v) is 22.6. The molecule has 200 valence electrons. The number of fused-ring (bicyclic) bond motifs is 4. The Morgan fingerprint density at radius 2 is 1.69 bits per heavy atom. The molecule has 0 saturated carbocycles. The van der Waals surface area contributed by atoms with Gasteiger partial charge in [-0.15, -0.1) is 15.3 Å². The molecule has 2 aromatic heterocycles. The number of hydrogen-bond acceptors (Lipinski definition) is 7. The molecule has 39 heavy (non-hydrogen) atoms. The van der Waals surface area contributed by atoms with E-state index >= 15 is 0 Å². The van der Waals surface area contributed by atoms with Crippen molar-refractivity contribution in [3.05, 3.63) is 70.8 Å². The Balaban J connectivity index is 1.10. The Labute approximate surface area is 229 Å². The topological polar surface area (TPSA) is 97.8 Å². The van der Waals surface area contributed by atoms with Crippen molar-refractivity contribution in [3.63, 3.8) is 0 Å². The molecule has 4 aromatic rings. The van der Waals surface area contributed by atoms with Gasteiger partial charge < -0.3 is 11.1 Å². The fourth-order valence-electron chi connectivity index (χ4n) is 6.85. The second kappa shape index (κ2) is 10.1. The lowest BCUT2D eigenvalue weighted by molar-refractivity contribution is 0.174. The molecule has 0 bridgehead atoms. The number of nitrogen functional groups attached to an aromatic ring is 1. The van der Waals surface area contributed by atoms with E-state index < -0.39 is 0 Å². The summed E-state index contributed by atoms with van der Waals surface area (Å²) in [7, 11) is 0. The molecule has 2 aromatic carbocycles. The van der Waals surface area contributed by atoms with E-state index in [9.17, 15) is 0 Å². The molecular weight excluding hydrogens is 484 g/mol. The molecule has 3 heterocycles. The number of anilines is 3. The normalized spacial score (nSPS) is 20.9. The molecule has 7 rings (SSSR count). The fraction of sp³-hybridized carbons (Fsp3) is 0.419. The van der Waals surface area contributed by atoms with Crippen LogP contribution in [0.4, 0.5) is 17.6 Å². The van der Waals surface area contributed by atoms with Crippen LogP contribution in [0.2, 0.25) is 0 Å². The number of aryl methyl sites for hydroxylation is 4. The van der Waals surface area contributed by atoms with Crippen LogP contribution in [0, 0.1) is 0 Å². The standard InChI is InChI=1S/C31H36N8/c1-20-6-5-17-38(20)26-15-12-21-11-14-25(18-23(21)13-16-26)33-31-34-30(32)39(37-31)28-19-24-9-4-8-22-7-2-3-10-27(22)29(24)36-35-28/h2-3,7,10-11,14,18-20,26H,4-6,8-9,12-13,15-17H2,1H3,(H3,32,33,34,37)/t20-,26?/m1/s1. The lowest BCUT2D eigenvalue weighted by Gasteiger charge is -2.30. The van der Waals surface area contributed by atoms with Crippen LogP contribution in [0.3, 0.4) is 0 Å². The van der Waals surface area contributed by atoms with Crippen LogP contribution in [-0.4, -0.2) is 48.5 Å². The van der Waals surface area contributed by atoms with Gasteiger partial charge >= 0.3 is 0 Å². The lowest BCUT2D eigenvalue weighted by atomic mass is 10.0. The minimum atomic E-state index is 0.290. The minimum Gasteiger partial charge on any atom is -0.368 e. The number of nitrogens with two attached hydrogens (primary N) is 1. The van der Waals surface area contributed by atoms with Crippen molar-refractivity contribution in [2.75, 3.05) is 17.6 Å². The van der Waals surface area contributed by atoms with Gasteiger partial charge in [-0.25, -0.2) is 0 Å². The van der Waals surface area contributed by atoms with Crippen molar-refractivity contribution in [2.45, 2.75) is 76.8 Å². The maximum absolute atomic E-state index is 6.31. The van der Waals surface area contributed by atoms with Crippen LogP contribution in [0.15, 0.2) is 48.5 Å². The summed E-state index contributed by atoms with van der Waals surface area (Å²) in [6.07, 6.45) is 10.5. The second-order valence-electron chi connectivity index (χ2n) is 11.4. The van der Waals surface area contributed by atoms with Crippen molar-refractivity contribution < 1.29 is 0 Å². The Hall–Kier alpha value is -3.78. The molecule has 0 radical (unpaired) electrons. The van der Waals surface area contributed by atoms with Gasteiger partial charge in [-0.1, -0.05) is 30.3 Å². The molecule has 2 atom stereocenters. The Morgan fingerprint density at radius 1 is 0.846 bits per heavy atom. The molecule has 3 aliphatic rings. The van der Waals surface area contributed by atoms with E-state index in [1.165, 1.54) is 60.0 Å². The van der Waals surface area contributed by atoms with Crippen molar-refractivity contribution in [1.82, 2.24) is 29.9 Å². The highest BCUT2D eigenvalue weighted by molar-refractivity contribution is 5.68. The molecule has 1 saturated heterocycles. The molecule has 0 amide bonds. The second-order valence-corrected chi connectivity index (χ2v) is 11.4. The quantitative estimate of drug-likeness (QED) is 0.354. The minimum absolute atomic E-state index is 0.290. The summed E-state index contributed by atoms with van der Waals surface area (Å²) in [5.74, 6) is 1.35. The van der Waals surface area contributed by atoms with E-state index in [1.54, 1.807) is 4.68 Å². The van der Waals surface area contributed by atoms with Crippen molar-refractivity contribution in [1.29, 1.82) is 0 Å². The SMILES string of the molecule is C[C@@H]1CCCN1C1CCc2ccc(Nc3nc(N)n(-c4cc5c(nn4)-c4ccccc4CCC5)n3)cc2CC1. The third-order valence-corrected chi connectivity index (χ3v) is 8.90. The van der Waals surface area contributed by atoms with Crippen LogP contribution >= 0.6 is 0 Å². The summed E-state index contributed by atoms with van der Waals surface area (Å²) in [5, 5.41) is 17.1. The predicted molar refractivity (Wildman–Crippen MR) is 154 cm³/mol. The molecule has 8 heteroatoms. The maximum atomic E-state index is 6.31. The van der Waals surface area contributed by atoms with E-state index in [2.05, 4.69) is 86.0 Å². The number of nitrogens with zero attached hydrogens (tertiary/aromatic N) is 6. The van der Waals surface area contributed by atoms with Crippen LogP contribution in [0.5, 0.6) is 0 Å². The lowest BCUT2D eigenvalue weighted by Crippen LogP contribution is -2.37. The number of rotatable bonds is 4. The van der Waals surface area contributed by atoms with Crippen LogP contribution in [-0.2, 0) is 25.7 Å². The van der Waals surface area contributed by atoms with Crippen LogP contribution in [0.25, 0.3) is 17.1 Å². The summed E-state index contributed by atoms with van der Waals surface area (Å²) in [6.45, 7) is 3.65. The van der Waals surface area contributed by atoms with E-state index in [-0.39, 0.29) is 5.95 Å². The highest BCUT2D eigenvalue weighted by atomic mass is 15.4. The van der Waals surface area contributed by atoms with Gasteiger partial charge in [0.25, 0.3) is 0 Å². The molecule has 3 N–H and O–H groups in total. The predicted octanol–water partition coefficient (Wildman–Crippen LogP) is 5.27. The zero-order chi connectivity index (χ0) is 26.3. The first-order valence-corrected chi connectivity index (χ1v) is 14.4. The smallest absolute Gasteiger partial charge is 0.248 e. The largest absolute Gasteiger partial charge is 0.368 e. The van der Waals surface area contributed by atoms with E-state index in [0.29, 0.717) is 17.8 Å². The highest BCUT2D eigenvalue weighted by Gasteiger charge is 2.29. The van der Waals surface area contributed by atoms with Crippen LogP contribution in [0.1, 0.15) is 61.3 Å². The van der Waals surface area contributed by atoms with Gasteiger partial charge in [0, 0.05) is 23.3 Å². The van der Waals surface area contributed by atoms with Crippen molar-refractivity contribution in [2.24, 2.45) is 0 Å². The average molecular weight is 521 g/mol. The van der Waals surface area contributed by atoms with Gasteiger partial charge in [0.1, 0.15) is 0 Å². The third-order valence-electron chi connectivity index (χ3n) is 8.90. The first kappa shape index (κ1) is 24.3. The van der Waals surface area contributed by atoms with Gasteiger partial charge in [-0.05, 0) is 112 Å². The number of likely N-dealkylation sites (tertiary alicyclic amines) is 1. The Morgan fingerprint density at radius 3 is 2.56 bits per heavy atom. The molecule has 8 nitrogen and oxygen atoms in total. The summed E-state index contributed by atoms with van der Waals surface area (Å²) in [4.78, 5) is 7.24. The molecule has 0 spiro atoms. The van der Waals surface area contributed by atoms with Gasteiger partial charge in [0.05, 0.1) is 5.69 Å². The number of aromatic nitrogens is 5. The summed E-state index contributed by atoms with van der Waals surface area (Å²) >= 11 is 0. The zero-order valence-electron chi connectivity index (χ0n) is 22.6. The molecule has 1 fully saturated rings. The summed E-state index contributed by atoms with van der Waals surface area (Å²) < 4.78 is 1.58. The van der Waals surface area contributed by atoms with Gasteiger partial charge in [0.15, 0.2) is 5.82 Å². The van der Waals surface area contributed by atoms with E-state index in [4.69, 9.17) is 5.73 Å². The summed E-state index contributed by atoms with van der Waals surface area (Å²) in [5.41, 5.74) is 14.8. The van der Waals surface area contributed by atoms with Crippen molar-refractivity contribution in [3.8, 4) is 17.1 Å². The number of nitrogens with one attached hydrogen (secondary N) is 1. The molecular formula is C31H36N8. The molecule has 1 unspecified atom stereocenters. The van der Waals surface area contributed by atoms with E-state index in [1.807, 2.05) is 0 Å². The van der Waals surface area contributed by atoms with Crippen LogP contribution < -0.4 is 11.1 Å². The highest BCUT2D eigenvalue weighted by Crippen LogP contribution is 2.32. The first-order chi connectivity index (χ1) is 19.1.